The van der Waals surface area contributed by atoms with Gasteiger partial charge in [-0.2, -0.15) is 0 Å². The van der Waals surface area contributed by atoms with E-state index in [0.29, 0.717) is 22.8 Å². The molecule has 1 aromatic heterocycles. The summed E-state index contributed by atoms with van der Waals surface area (Å²) in [6, 6.07) is 7.09. The molecule has 0 saturated carbocycles. The van der Waals surface area contributed by atoms with E-state index in [-0.39, 0.29) is 0 Å². The van der Waals surface area contributed by atoms with Crippen LogP contribution in [0.15, 0.2) is 24.3 Å². The Morgan fingerprint density at radius 1 is 1.38 bits per heavy atom. The molecule has 1 aromatic carbocycles. The lowest BCUT2D eigenvalue weighted by atomic mass is 10.2. The highest BCUT2D eigenvalue weighted by molar-refractivity contribution is 6.30. The van der Waals surface area contributed by atoms with Gasteiger partial charge >= 0.3 is 0 Å². The molecule has 0 fully saturated rings. The predicted octanol–water partition coefficient (Wildman–Crippen LogP) is 2.30. The molecule has 0 aliphatic carbocycles. The molecule has 0 bridgehead atoms. The van der Waals surface area contributed by atoms with Crippen LogP contribution in [0.5, 0.6) is 0 Å². The maximum atomic E-state index is 11.0. The van der Waals surface area contributed by atoms with E-state index < -0.39 is 0 Å². The first-order chi connectivity index (χ1) is 7.76. The van der Waals surface area contributed by atoms with Crippen LogP contribution >= 0.6 is 11.6 Å². The van der Waals surface area contributed by atoms with Gasteiger partial charge in [0.1, 0.15) is 5.69 Å². The molecule has 2 aromatic rings. The minimum Gasteiger partial charge on any atom is -0.296 e. The number of hydrogen-bond donors (Lipinski definition) is 0. The fraction of sp³-hybridized carbons (Fsp3) is 0.182. The summed E-state index contributed by atoms with van der Waals surface area (Å²) in [5.74, 6) is 0. The van der Waals surface area contributed by atoms with Crippen LogP contribution in [0.25, 0.3) is 5.69 Å². The Morgan fingerprint density at radius 2 is 2.06 bits per heavy atom. The number of carbonyl (C=O) groups excluding carboxylic acids is 1. The third-order valence-electron chi connectivity index (χ3n) is 2.30. The molecule has 0 atom stereocenters. The Kier molecular flexibility index (Phi) is 3.01. The van der Waals surface area contributed by atoms with E-state index in [4.69, 9.17) is 11.6 Å². The monoisotopic (exact) mass is 235 g/mol. The standard InChI is InChI=1S/C11H10ClN3O/c1-2-10-11(7-16)15(14-13-10)9-5-3-8(12)4-6-9/h3-7H,2H2,1H3. The third kappa shape index (κ3) is 1.84. The Balaban J connectivity index is 2.51. The molecule has 0 aliphatic rings. The van der Waals surface area contributed by atoms with Crippen LogP contribution < -0.4 is 0 Å². The summed E-state index contributed by atoms with van der Waals surface area (Å²) in [6.45, 7) is 1.93. The average molecular weight is 236 g/mol. The maximum absolute atomic E-state index is 11.0. The van der Waals surface area contributed by atoms with Crippen molar-refractivity contribution in [1.29, 1.82) is 0 Å². The molecule has 0 saturated heterocycles. The van der Waals surface area contributed by atoms with Crippen molar-refractivity contribution < 1.29 is 4.79 Å². The van der Waals surface area contributed by atoms with Crippen LogP contribution in [-0.2, 0) is 6.42 Å². The zero-order chi connectivity index (χ0) is 11.5. The van der Waals surface area contributed by atoms with E-state index in [1.165, 1.54) is 4.68 Å². The van der Waals surface area contributed by atoms with Gasteiger partial charge < -0.3 is 0 Å². The fourth-order valence-electron chi connectivity index (χ4n) is 1.46. The lowest BCUT2D eigenvalue weighted by Gasteiger charge is -2.02. The van der Waals surface area contributed by atoms with Crippen LogP contribution in [0.2, 0.25) is 5.02 Å². The van der Waals surface area contributed by atoms with Gasteiger partial charge in [0.05, 0.1) is 11.4 Å². The molecule has 16 heavy (non-hydrogen) atoms. The van der Waals surface area contributed by atoms with Gasteiger partial charge in [0.25, 0.3) is 0 Å². The molecule has 82 valence electrons. The van der Waals surface area contributed by atoms with Gasteiger partial charge in [-0.15, -0.1) is 5.10 Å². The van der Waals surface area contributed by atoms with Crippen molar-refractivity contribution in [2.45, 2.75) is 13.3 Å². The van der Waals surface area contributed by atoms with E-state index in [0.717, 1.165) is 12.0 Å². The Labute approximate surface area is 97.8 Å². The molecule has 4 nitrogen and oxygen atoms in total. The number of carbonyl (C=O) groups is 1. The molecule has 0 amide bonds. The molecule has 0 unspecified atom stereocenters. The van der Waals surface area contributed by atoms with Crippen molar-refractivity contribution in [3.8, 4) is 5.69 Å². The van der Waals surface area contributed by atoms with Gasteiger partial charge in [-0.05, 0) is 30.7 Å². The average Bonchev–Trinajstić information content (AvgIpc) is 2.72. The van der Waals surface area contributed by atoms with Gasteiger partial charge in [-0.3, -0.25) is 4.79 Å². The van der Waals surface area contributed by atoms with Crippen molar-refractivity contribution in [2.24, 2.45) is 0 Å². The number of nitrogens with zero attached hydrogens (tertiary/aromatic N) is 3. The molecule has 1 heterocycles. The SMILES string of the molecule is CCc1nnn(-c2ccc(Cl)cc2)c1C=O. The zero-order valence-electron chi connectivity index (χ0n) is 8.72. The van der Waals surface area contributed by atoms with Crippen LogP contribution in [0.4, 0.5) is 0 Å². The second kappa shape index (κ2) is 4.45. The second-order valence-electron chi connectivity index (χ2n) is 3.28. The van der Waals surface area contributed by atoms with Crippen molar-refractivity contribution in [3.63, 3.8) is 0 Å². The van der Waals surface area contributed by atoms with E-state index in [1.807, 2.05) is 6.92 Å². The number of rotatable bonds is 3. The highest BCUT2D eigenvalue weighted by Crippen LogP contribution is 2.15. The molecule has 0 spiro atoms. The minimum atomic E-state index is 0.491. The first kappa shape index (κ1) is 10.8. The summed E-state index contributed by atoms with van der Waals surface area (Å²) < 4.78 is 1.52. The van der Waals surface area contributed by atoms with Crippen molar-refractivity contribution >= 4 is 17.9 Å². The van der Waals surface area contributed by atoms with Crippen molar-refractivity contribution in [3.05, 3.63) is 40.7 Å². The number of aromatic nitrogens is 3. The largest absolute Gasteiger partial charge is 0.296 e. The number of aryl methyl sites for hydroxylation is 1. The summed E-state index contributed by atoms with van der Waals surface area (Å²) in [6.07, 6.45) is 1.45. The van der Waals surface area contributed by atoms with Crippen LogP contribution in [0.3, 0.4) is 0 Å². The summed E-state index contributed by atoms with van der Waals surface area (Å²) in [4.78, 5) is 11.0. The zero-order valence-corrected chi connectivity index (χ0v) is 9.48. The summed E-state index contributed by atoms with van der Waals surface area (Å²) in [7, 11) is 0. The summed E-state index contributed by atoms with van der Waals surface area (Å²) in [5.41, 5.74) is 1.97. The first-order valence-electron chi connectivity index (χ1n) is 4.92. The van der Waals surface area contributed by atoms with E-state index >= 15 is 0 Å². The van der Waals surface area contributed by atoms with Crippen LogP contribution in [-0.4, -0.2) is 21.3 Å². The van der Waals surface area contributed by atoms with Crippen molar-refractivity contribution in [2.75, 3.05) is 0 Å². The van der Waals surface area contributed by atoms with Crippen LogP contribution in [0, 0.1) is 0 Å². The van der Waals surface area contributed by atoms with E-state index in [2.05, 4.69) is 10.3 Å². The molecular weight excluding hydrogens is 226 g/mol. The third-order valence-corrected chi connectivity index (χ3v) is 2.55. The van der Waals surface area contributed by atoms with Gasteiger partial charge in [-0.25, -0.2) is 4.68 Å². The molecule has 0 radical (unpaired) electrons. The molecular formula is C11H10ClN3O. The minimum absolute atomic E-state index is 0.491. The van der Waals surface area contributed by atoms with Gasteiger partial charge in [0.2, 0.25) is 0 Å². The highest BCUT2D eigenvalue weighted by Gasteiger charge is 2.11. The molecule has 0 aliphatic heterocycles. The van der Waals surface area contributed by atoms with E-state index in [1.54, 1.807) is 24.3 Å². The van der Waals surface area contributed by atoms with Crippen molar-refractivity contribution in [1.82, 2.24) is 15.0 Å². The number of benzene rings is 1. The van der Waals surface area contributed by atoms with Gasteiger partial charge in [0, 0.05) is 5.02 Å². The normalized spacial score (nSPS) is 10.4. The quantitative estimate of drug-likeness (QED) is 0.767. The van der Waals surface area contributed by atoms with Gasteiger partial charge in [-0.1, -0.05) is 23.7 Å². The second-order valence-corrected chi connectivity index (χ2v) is 3.72. The molecule has 0 N–H and O–H groups in total. The number of hydrogen-bond acceptors (Lipinski definition) is 3. The van der Waals surface area contributed by atoms with E-state index in [9.17, 15) is 4.79 Å². The topological polar surface area (TPSA) is 47.8 Å². The lowest BCUT2D eigenvalue weighted by molar-refractivity contribution is 0.111. The molecule has 2 rings (SSSR count). The smallest absolute Gasteiger partial charge is 0.170 e. The first-order valence-corrected chi connectivity index (χ1v) is 5.29. The predicted molar refractivity (Wildman–Crippen MR) is 61.1 cm³/mol. The summed E-state index contributed by atoms with van der Waals surface area (Å²) >= 11 is 5.79. The fourth-order valence-corrected chi connectivity index (χ4v) is 1.59. The maximum Gasteiger partial charge on any atom is 0.170 e. The lowest BCUT2D eigenvalue weighted by Crippen LogP contribution is -2.02. The summed E-state index contributed by atoms with van der Waals surface area (Å²) in [5, 5.41) is 8.55. The van der Waals surface area contributed by atoms with Crippen LogP contribution in [0.1, 0.15) is 23.1 Å². The molecule has 5 heteroatoms. The number of halogens is 1. The van der Waals surface area contributed by atoms with Gasteiger partial charge in [0.15, 0.2) is 6.29 Å². The Morgan fingerprint density at radius 3 is 2.62 bits per heavy atom. The Bertz CT molecular complexity index is 504. The Hall–Kier alpha value is -1.68. The number of aldehydes is 1. The highest BCUT2D eigenvalue weighted by atomic mass is 35.5.